The molecule has 0 saturated heterocycles. The second-order valence-electron chi connectivity index (χ2n) is 1.86. The Morgan fingerprint density at radius 1 is 1.78 bits per heavy atom. The van der Waals surface area contributed by atoms with Gasteiger partial charge in [0.05, 0.1) is 0 Å². The van der Waals surface area contributed by atoms with Crippen LogP contribution in [0.25, 0.3) is 0 Å². The van der Waals surface area contributed by atoms with Gasteiger partial charge in [-0.25, -0.2) is 4.39 Å². The van der Waals surface area contributed by atoms with Crippen LogP contribution >= 0.6 is 38.5 Å². The van der Waals surface area contributed by atoms with Crippen LogP contribution in [0.2, 0.25) is 0 Å². The van der Waals surface area contributed by atoms with Crippen LogP contribution in [0.15, 0.2) is 22.5 Å². The number of alkyl halides is 1. The van der Waals surface area contributed by atoms with E-state index in [9.17, 15) is 4.39 Å². The number of halogens is 3. The van der Waals surface area contributed by atoms with Crippen LogP contribution in [-0.2, 0) is 0 Å². The molecule has 1 aliphatic carbocycles. The molecule has 0 radical (unpaired) electrons. The summed E-state index contributed by atoms with van der Waals surface area (Å²) in [6.45, 7) is 0. The summed E-state index contributed by atoms with van der Waals surface area (Å²) in [5.41, 5.74) is 0. The van der Waals surface area contributed by atoms with Gasteiger partial charge in [-0.2, -0.15) is 0 Å². The van der Waals surface area contributed by atoms with Gasteiger partial charge in [0.1, 0.15) is 5.83 Å². The van der Waals surface area contributed by atoms with E-state index in [0.29, 0.717) is 10.3 Å². The quantitative estimate of drug-likeness (QED) is 0.476. The van der Waals surface area contributed by atoms with Gasteiger partial charge >= 0.3 is 0 Å². The van der Waals surface area contributed by atoms with Crippen molar-refractivity contribution in [3.8, 4) is 0 Å². The van der Waals surface area contributed by atoms with E-state index in [2.05, 4.69) is 38.5 Å². The Morgan fingerprint density at radius 3 is 2.89 bits per heavy atom. The van der Waals surface area contributed by atoms with Crippen molar-refractivity contribution < 1.29 is 4.39 Å². The van der Waals surface area contributed by atoms with E-state index in [1.807, 2.05) is 6.08 Å². The molecule has 1 atom stereocenters. The lowest BCUT2D eigenvalue weighted by Crippen LogP contribution is -1.97. The molecule has 0 aromatic carbocycles. The SMILES string of the molecule is FC1=CC(Br)=CC(I)C1. The van der Waals surface area contributed by atoms with Crippen LogP contribution in [0.3, 0.4) is 0 Å². The van der Waals surface area contributed by atoms with E-state index < -0.39 is 0 Å². The van der Waals surface area contributed by atoms with E-state index in [-0.39, 0.29) is 5.83 Å². The minimum atomic E-state index is -0.0382. The Labute approximate surface area is 75.5 Å². The molecular formula is C6H5BrFI. The fraction of sp³-hybridized carbons (Fsp3) is 0.333. The molecule has 1 unspecified atom stereocenters. The standard InChI is InChI=1S/C6H5BrFI/c7-4-1-5(8)3-6(9)2-4/h1-2,6H,3H2. The molecule has 0 saturated carbocycles. The number of hydrogen-bond acceptors (Lipinski definition) is 0. The van der Waals surface area contributed by atoms with Crippen molar-refractivity contribution in [2.75, 3.05) is 0 Å². The first-order valence-corrected chi connectivity index (χ1v) is 4.60. The van der Waals surface area contributed by atoms with Gasteiger partial charge < -0.3 is 0 Å². The zero-order valence-corrected chi connectivity index (χ0v) is 8.32. The molecule has 0 heterocycles. The molecule has 0 aromatic heterocycles. The van der Waals surface area contributed by atoms with Crippen LogP contribution in [0, 0.1) is 0 Å². The maximum atomic E-state index is 12.5. The smallest absolute Gasteiger partial charge is 0.102 e. The number of allylic oxidation sites excluding steroid dienone is 4. The highest BCUT2D eigenvalue weighted by Crippen LogP contribution is 2.26. The van der Waals surface area contributed by atoms with Crippen LogP contribution in [0.1, 0.15) is 6.42 Å². The summed E-state index contributed by atoms with van der Waals surface area (Å²) < 4.78 is 13.6. The minimum Gasteiger partial charge on any atom is -0.212 e. The molecule has 1 rings (SSSR count). The summed E-state index contributed by atoms with van der Waals surface area (Å²) in [6.07, 6.45) is 4.04. The lowest BCUT2D eigenvalue weighted by molar-refractivity contribution is 0.594. The maximum Gasteiger partial charge on any atom is 0.102 e. The van der Waals surface area contributed by atoms with Crippen molar-refractivity contribution in [3.05, 3.63) is 22.5 Å². The number of rotatable bonds is 0. The average molecular weight is 303 g/mol. The third-order valence-electron chi connectivity index (χ3n) is 1.02. The van der Waals surface area contributed by atoms with E-state index in [1.54, 1.807) is 0 Å². The first-order valence-electron chi connectivity index (χ1n) is 2.56. The van der Waals surface area contributed by atoms with E-state index in [1.165, 1.54) is 6.08 Å². The van der Waals surface area contributed by atoms with E-state index >= 15 is 0 Å². The summed E-state index contributed by atoms with van der Waals surface area (Å²) >= 11 is 5.41. The largest absolute Gasteiger partial charge is 0.212 e. The summed E-state index contributed by atoms with van der Waals surface area (Å²) in [5.74, 6) is -0.0382. The third kappa shape index (κ3) is 2.37. The van der Waals surface area contributed by atoms with Crippen LogP contribution in [0.4, 0.5) is 4.39 Å². The van der Waals surface area contributed by atoms with Crippen molar-refractivity contribution in [2.24, 2.45) is 0 Å². The monoisotopic (exact) mass is 302 g/mol. The molecule has 0 spiro atoms. The fourth-order valence-electron chi connectivity index (χ4n) is 0.675. The Morgan fingerprint density at radius 2 is 2.44 bits per heavy atom. The van der Waals surface area contributed by atoms with Gasteiger partial charge in [0.25, 0.3) is 0 Å². The molecule has 0 aliphatic heterocycles. The van der Waals surface area contributed by atoms with Crippen LogP contribution in [0.5, 0.6) is 0 Å². The van der Waals surface area contributed by atoms with Crippen molar-refractivity contribution in [1.82, 2.24) is 0 Å². The van der Waals surface area contributed by atoms with Gasteiger partial charge in [0.15, 0.2) is 0 Å². The lowest BCUT2D eigenvalue weighted by Gasteiger charge is -2.07. The van der Waals surface area contributed by atoms with Gasteiger partial charge in [-0.05, 0) is 6.08 Å². The van der Waals surface area contributed by atoms with Crippen molar-refractivity contribution in [1.29, 1.82) is 0 Å². The highest BCUT2D eigenvalue weighted by molar-refractivity contribution is 14.1. The first kappa shape index (κ1) is 7.72. The Balaban J connectivity index is 2.74. The summed E-state index contributed by atoms with van der Waals surface area (Å²) in [5, 5.41) is 0. The molecule has 0 amide bonds. The number of hydrogen-bond donors (Lipinski definition) is 0. The van der Waals surface area contributed by atoms with Crippen molar-refractivity contribution in [3.63, 3.8) is 0 Å². The molecular weight excluding hydrogens is 298 g/mol. The third-order valence-corrected chi connectivity index (χ3v) is 2.32. The molecule has 9 heavy (non-hydrogen) atoms. The maximum absolute atomic E-state index is 12.5. The highest BCUT2D eigenvalue weighted by atomic mass is 127. The minimum absolute atomic E-state index is 0.0382. The Bertz CT molecular complexity index is 174. The summed E-state index contributed by atoms with van der Waals surface area (Å²) in [7, 11) is 0. The second-order valence-corrected chi connectivity index (χ2v) is 4.38. The summed E-state index contributed by atoms with van der Waals surface area (Å²) in [6, 6.07) is 0. The lowest BCUT2D eigenvalue weighted by atomic mass is 10.2. The molecule has 0 nitrogen and oxygen atoms in total. The van der Waals surface area contributed by atoms with Gasteiger partial charge in [-0.1, -0.05) is 44.6 Å². The van der Waals surface area contributed by atoms with Gasteiger partial charge in [0.2, 0.25) is 0 Å². The topological polar surface area (TPSA) is 0 Å². The van der Waals surface area contributed by atoms with Crippen LogP contribution < -0.4 is 0 Å². The van der Waals surface area contributed by atoms with E-state index in [0.717, 1.165) is 4.48 Å². The second kappa shape index (κ2) is 3.14. The molecule has 50 valence electrons. The van der Waals surface area contributed by atoms with Crippen molar-refractivity contribution in [2.45, 2.75) is 10.3 Å². The normalized spacial score (nSPS) is 27.2. The first-order chi connectivity index (χ1) is 4.18. The predicted molar refractivity (Wildman–Crippen MR) is 48.6 cm³/mol. The molecule has 1 aliphatic rings. The zero-order chi connectivity index (χ0) is 6.85. The average Bonchev–Trinajstić information content (AvgIpc) is 1.59. The molecule has 0 bridgehead atoms. The van der Waals surface area contributed by atoms with Gasteiger partial charge in [0, 0.05) is 14.8 Å². The van der Waals surface area contributed by atoms with Gasteiger partial charge in [-0.3, -0.25) is 0 Å². The van der Waals surface area contributed by atoms with Crippen molar-refractivity contribution >= 4 is 38.5 Å². The van der Waals surface area contributed by atoms with Gasteiger partial charge in [-0.15, -0.1) is 0 Å². The highest BCUT2D eigenvalue weighted by Gasteiger charge is 2.09. The molecule has 0 aromatic rings. The Hall–Kier alpha value is 0.620. The molecule has 0 N–H and O–H groups in total. The zero-order valence-electron chi connectivity index (χ0n) is 4.57. The molecule has 3 heteroatoms. The molecule has 0 fully saturated rings. The summed E-state index contributed by atoms with van der Waals surface area (Å²) in [4.78, 5) is 0. The Kier molecular flexibility index (Phi) is 2.70. The predicted octanol–water partition coefficient (Wildman–Crippen LogP) is 3.33. The fourth-order valence-corrected chi connectivity index (χ4v) is 2.54. The van der Waals surface area contributed by atoms with Crippen LogP contribution in [-0.4, -0.2) is 3.92 Å². The van der Waals surface area contributed by atoms with E-state index in [4.69, 9.17) is 0 Å².